The molecule has 2 aromatic rings. The van der Waals surface area contributed by atoms with E-state index in [9.17, 15) is 4.79 Å². The topological polar surface area (TPSA) is 59.4 Å². The maximum Gasteiger partial charge on any atom is 0.251 e. The minimum absolute atomic E-state index is 0.0358. The summed E-state index contributed by atoms with van der Waals surface area (Å²) in [5, 5.41) is 3.94. The maximum atomic E-state index is 12.5. The molecule has 3 rings (SSSR count). The molecule has 1 aromatic heterocycles. The van der Waals surface area contributed by atoms with Crippen LogP contribution in [0.3, 0.4) is 0 Å². The quantitative estimate of drug-likeness (QED) is 0.584. The highest BCUT2D eigenvalue weighted by atomic mass is 32.2. The average molecular weight is 389 g/mol. The Hall–Kier alpha value is -1.83. The number of imidazole rings is 1. The Bertz CT molecular complexity index is 754. The van der Waals surface area contributed by atoms with Gasteiger partial charge in [-0.05, 0) is 44.7 Å². The number of aromatic nitrogens is 2. The van der Waals surface area contributed by atoms with Crippen LogP contribution in [0.5, 0.6) is 0 Å². The zero-order chi connectivity index (χ0) is 19.2. The van der Waals surface area contributed by atoms with E-state index in [1.54, 1.807) is 18.0 Å². The van der Waals surface area contributed by atoms with E-state index < -0.39 is 0 Å². The van der Waals surface area contributed by atoms with Gasteiger partial charge in [-0.1, -0.05) is 17.8 Å². The number of carbonyl (C=O) groups is 1. The molecule has 1 aliphatic rings. The van der Waals surface area contributed by atoms with E-state index >= 15 is 0 Å². The van der Waals surface area contributed by atoms with Crippen molar-refractivity contribution in [3.05, 3.63) is 42.2 Å². The number of hydrogen-bond acceptors (Lipinski definition) is 5. The summed E-state index contributed by atoms with van der Waals surface area (Å²) in [6, 6.07) is 7.64. The van der Waals surface area contributed by atoms with Crippen molar-refractivity contribution in [3.63, 3.8) is 0 Å². The molecule has 6 nitrogen and oxygen atoms in total. The van der Waals surface area contributed by atoms with Crippen LogP contribution in [0.2, 0.25) is 0 Å². The van der Waals surface area contributed by atoms with Crippen LogP contribution in [-0.2, 0) is 4.74 Å². The first-order valence-corrected chi connectivity index (χ1v) is 10.6. The normalized spacial score (nSPS) is 20.6. The first-order valence-electron chi connectivity index (χ1n) is 9.40. The van der Waals surface area contributed by atoms with Crippen LogP contribution < -0.4 is 5.32 Å². The monoisotopic (exact) mass is 388 g/mol. The number of benzene rings is 1. The number of thioether (sulfide) groups is 1. The summed E-state index contributed by atoms with van der Waals surface area (Å²) in [6.45, 7) is 7.79. The SMILES string of the molecule is CSc1nccn1-c1cccc(C(=O)NCCCN2CC(C)OC(C)C2)c1. The summed E-state index contributed by atoms with van der Waals surface area (Å²) in [5.74, 6) is -0.0358. The molecule has 1 amide bonds. The lowest BCUT2D eigenvalue weighted by Crippen LogP contribution is -2.46. The Morgan fingerprint density at radius 3 is 2.85 bits per heavy atom. The summed E-state index contributed by atoms with van der Waals surface area (Å²) in [4.78, 5) is 19.2. The molecule has 0 spiro atoms. The van der Waals surface area contributed by atoms with Crippen molar-refractivity contribution < 1.29 is 9.53 Å². The van der Waals surface area contributed by atoms with E-state index in [1.807, 2.05) is 41.3 Å². The van der Waals surface area contributed by atoms with Crippen molar-refractivity contribution in [1.82, 2.24) is 19.8 Å². The fraction of sp³-hybridized carbons (Fsp3) is 0.500. The Morgan fingerprint density at radius 1 is 1.33 bits per heavy atom. The fourth-order valence-corrected chi connectivity index (χ4v) is 4.04. The summed E-state index contributed by atoms with van der Waals surface area (Å²) in [5.41, 5.74) is 1.61. The van der Waals surface area contributed by atoms with Crippen LogP contribution in [0.4, 0.5) is 0 Å². The lowest BCUT2D eigenvalue weighted by atomic mass is 10.2. The fourth-order valence-electron chi connectivity index (χ4n) is 3.51. The Balaban J connectivity index is 1.51. The molecular weight excluding hydrogens is 360 g/mol. The maximum absolute atomic E-state index is 12.5. The molecule has 1 saturated heterocycles. The van der Waals surface area contributed by atoms with E-state index in [1.165, 1.54) is 0 Å². The molecule has 7 heteroatoms. The van der Waals surface area contributed by atoms with Crippen molar-refractivity contribution in [2.45, 2.75) is 37.6 Å². The molecule has 27 heavy (non-hydrogen) atoms. The number of nitrogens with zero attached hydrogens (tertiary/aromatic N) is 3. The second-order valence-corrected chi connectivity index (χ2v) is 7.73. The largest absolute Gasteiger partial charge is 0.373 e. The molecule has 2 unspecified atom stereocenters. The highest BCUT2D eigenvalue weighted by Gasteiger charge is 2.21. The number of rotatable bonds is 7. The lowest BCUT2D eigenvalue weighted by molar-refractivity contribution is -0.0679. The highest BCUT2D eigenvalue weighted by Crippen LogP contribution is 2.19. The summed E-state index contributed by atoms with van der Waals surface area (Å²) >= 11 is 1.58. The summed E-state index contributed by atoms with van der Waals surface area (Å²) < 4.78 is 7.75. The number of morpholine rings is 1. The standard InChI is InChI=1S/C20H28N4O2S/c1-15-13-23(14-16(2)26-15)10-5-8-21-19(25)17-6-4-7-18(12-17)24-11-9-22-20(24)27-3/h4,6-7,9,11-12,15-16H,5,8,10,13-14H2,1-3H3,(H,21,25). The van der Waals surface area contributed by atoms with Gasteiger partial charge in [0.2, 0.25) is 0 Å². The van der Waals surface area contributed by atoms with Gasteiger partial charge in [0, 0.05) is 49.8 Å². The smallest absolute Gasteiger partial charge is 0.251 e. The van der Waals surface area contributed by atoms with Gasteiger partial charge in [-0.25, -0.2) is 4.98 Å². The molecule has 1 N–H and O–H groups in total. The van der Waals surface area contributed by atoms with Gasteiger partial charge in [-0.3, -0.25) is 14.3 Å². The molecule has 2 atom stereocenters. The van der Waals surface area contributed by atoms with Gasteiger partial charge in [-0.15, -0.1) is 0 Å². The van der Waals surface area contributed by atoms with Crippen LogP contribution in [0, 0.1) is 0 Å². The molecule has 1 aliphatic heterocycles. The Kier molecular flexibility index (Phi) is 6.93. The second kappa shape index (κ2) is 9.39. The first-order chi connectivity index (χ1) is 13.1. The molecule has 0 radical (unpaired) electrons. The zero-order valence-corrected chi connectivity index (χ0v) is 17.0. The predicted molar refractivity (Wildman–Crippen MR) is 109 cm³/mol. The minimum atomic E-state index is -0.0358. The van der Waals surface area contributed by atoms with Crippen molar-refractivity contribution in [2.24, 2.45) is 0 Å². The Labute approximate surface area is 165 Å². The van der Waals surface area contributed by atoms with Crippen LogP contribution in [0.15, 0.2) is 41.8 Å². The second-order valence-electron chi connectivity index (χ2n) is 6.96. The van der Waals surface area contributed by atoms with Gasteiger partial charge in [-0.2, -0.15) is 0 Å². The molecular formula is C20H28N4O2S. The lowest BCUT2D eigenvalue weighted by Gasteiger charge is -2.35. The molecule has 1 aromatic carbocycles. The van der Waals surface area contributed by atoms with Crippen LogP contribution >= 0.6 is 11.8 Å². The van der Waals surface area contributed by atoms with E-state index in [2.05, 4.69) is 29.0 Å². The number of ether oxygens (including phenoxy) is 1. The third kappa shape index (κ3) is 5.34. The highest BCUT2D eigenvalue weighted by molar-refractivity contribution is 7.98. The first kappa shape index (κ1) is 19.9. The van der Waals surface area contributed by atoms with Gasteiger partial charge in [0.05, 0.1) is 12.2 Å². The minimum Gasteiger partial charge on any atom is -0.373 e. The van der Waals surface area contributed by atoms with Crippen LogP contribution in [0.1, 0.15) is 30.6 Å². The van der Waals surface area contributed by atoms with Crippen LogP contribution in [0.25, 0.3) is 5.69 Å². The number of amides is 1. The Morgan fingerprint density at radius 2 is 2.11 bits per heavy atom. The van der Waals surface area contributed by atoms with Crippen molar-refractivity contribution in [2.75, 3.05) is 32.4 Å². The van der Waals surface area contributed by atoms with E-state index in [4.69, 9.17) is 4.74 Å². The van der Waals surface area contributed by atoms with Gasteiger partial charge >= 0.3 is 0 Å². The number of nitrogens with one attached hydrogen (secondary N) is 1. The van der Waals surface area contributed by atoms with Gasteiger partial charge in [0.15, 0.2) is 5.16 Å². The predicted octanol–water partition coefficient (Wildman–Crippen LogP) is 2.82. The zero-order valence-electron chi connectivity index (χ0n) is 16.2. The van der Waals surface area contributed by atoms with E-state index in [0.29, 0.717) is 12.1 Å². The average Bonchev–Trinajstić information content (AvgIpc) is 3.13. The molecule has 146 valence electrons. The van der Waals surface area contributed by atoms with Crippen molar-refractivity contribution >= 4 is 17.7 Å². The van der Waals surface area contributed by atoms with Crippen molar-refractivity contribution in [3.8, 4) is 5.69 Å². The number of hydrogen-bond donors (Lipinski definition) is 1. The van der Waals surface area contributed by atoms with E-state index in [0.717, 1.165) is 36.9 Å². The van der Waals surface area contributed by atoms with Crippen molar-refractivity contribution in [1.29, 1.82) is 0 Å². The number of carbonyl (C=O) groups excluding carboxylic acids is 1. The third-order valence-electron chi connectivity index (χ3n) is 4.61. The van der Waals surface area contributed by atoms with E-state index in [-0.39, 0.29) is 18.1 Å². The molecule has 0 saturated carbocycles. The molecule has 2 heterocycles. The van der Waals surface area contributed by atoms with Gasteiger partial charge in [0.1, 0.15) is 0 Å². The molecule has 0 bridgehead atoms. The van der Waals surface area contributed by atoms with Gasteiger partial charge in [0.25, 0.3) is 5.91 Å². The van der Waals surface area contributed by atoms with Crippen LogP contribution in [-0.4, -0.2) is 65.0 Å². The molecule has 0 aliphatic carbocycles. The van der Waals surface area contributed by atoms with Gasteiger partial charge < -0.3 is 10.1 Å². The third-order valence-corrected chi connectivity index (χ3v) is 5.28. The molecule has 1 fully saturated rings. The summed E-state index contributed by atoms with van der Waals surface area (Å²) in [6.07, 6.45) is 7.16. The summed E-state index contributed by atoms with van der Waals surface area (Å²) in [7, 11) is 0.